The van der Waals surface area contributed by atoms with Crippen molar-refractivity contribution in [2.24, 2.45) is 0 Å². The van der Waals surface area contributed by atoms with Crippen LogP contribution >= 0.6 is 0 Å². The van der Waals surface area contributed by atoms with Gasteiger partial charge in [0.1, 0.15) is 0 Å². The van der Waals surface area contributed by atoms with E-state index in [1.54, 1.807) is 7.11 Å². The van der Waals surface area contributed by atoms with E-state index in [-0.39, 0.29) is 0 Å². The summed E-state index contributed by atoms with van der Waals surface area (Å²) in [5.74, 6) is 0.909. The summed E-state index contributed by atoms with van der Waals surface area (Å²) < 4.78 is 7.61. The zero-order valence-electron chi connectivity index (χ0n) is 21.6. The number of fused-ring (bicyclic) bond motifs is 1. The van der Waals surface area contributed by atoms with Crippen LogP contribution in [-0.2, 0) is 11.3 Å². The molecule has 1 fully saturated rings. The van der Waals surface area contributed by atoms with Gasteiger partial charge in [-0.2, -0.15) is 5.10 Å². The van der Waals surface area contributed by atoms with Gasteiger partial charge in [-0.05, 0) is 81.1 Å². The number of hydrogen-bond acceptors (Lipinski definition) is 5. The maximum atomic E-state index is 5.45. The first-order valence-electron chi connectivity index (χ1n) is 13.0. The lowest BCUT2D eigenvalue weighted by molar-refractivity contribution is 0.114. The van der Waals surface area contributed by atoms with Crippen LogP contribution in [0.3, 0.4) is 0 Å². The van der Waals surface area contributed by atoms with Crippen molar-refractivity contribution >= 4 is 33.8 Å². The van der Waals surface area contributed by atoms with E-state index in [1.807, 2.05) is 18.2 Å². The molecule has 0 spiro atoms. The summed E-state index contributed by atoms with van der Waals surface area (Å²) in [7, 11) is 1.80. The molecule has 6 nitrogen and oxygen atoms in total. The predicted molar refractivity (Wildman–Crippen MR) is 150 cm³/mol. The molecule has 0 aliphatic carbocycles. The topological polar surface area (TPSA) is 54.4 Å². The molecule has 2 heterocycles. The van der Waals surface area contributed by atoms with Crippen LogP contribution < -0.4 is 10.6 Å². The standard InChI is InChI=1S/C30H37N5O/c1-22-10-7-11-23(2)29(22)32-30-27-16-15-25(31-24-12-5-4-6-13-24)20-28(27)35(33-30)19-9-18-34-17-8-14-26(34)21-36-3/h4-7,10-13,15-16,20,26,31H,8-9,14,17-19,21H2,1-3H3,(H,32,33)/t26-/m1/s1. The minimum absolute atomic E-state index is 0.548. The number of likely N-dealkylation sites (tertiary alicyclic amines) is 1. The lowest BCUT2D eigenvalue weighted by atomic mass is 10.1. The molecular formula is C30H37N5O. The van der Waals surface area contributed by atoms with Crippen molar-refractivity contribution in [2.75, 3.05) is 37.4 Å². The molecule has 6 heteroatoms. The minimum Gasteiger partial charge on any atom is -0.383 e. The first-order chi connectivity index (χ1) is 17.6. The highest BCUT2D eigenvalue weighted by molar-refractivity contribution is 5.94. The van der Waals surface area contributed by atoms with Gasteiger partial charge in [-0.25, -0.2) is 0 Å². The van der Waals surface area contributed by atoms with Gasteiger partial charge in [0.2, 0.25) is 0 Å². The van der Waals surface area contributed by atoms with E-state index < -0.39 is 0 Å². The number of aryl methyl sites for hydroxylation is 3. The zero-order valence-corrected chi connectivity index (χ0v) is 21.6. The van der Waals surface area contributed by atoms with Crippen molar-refractivity contribution in [3.8, 4) is 0 Å². The number of anilines is 4. The maximum Gasteiger partial charge on any atom is 0.160 e. The third kappa shape index (κ3) is 5.40. The van der Waals surface area contributed by atoms with Crippen molar-refractivity contribution in [2.45, 2.75) is 45.7 Å². The SMILES string of the molecule is COC[C@H]1CCCN1CCCn1nc(Nc2c(C)cccc2C)c2ccc(Nc3ccccc3)cc21. The number of methoxy groups -OCH3 is 1. The fourth-order valence-electron chi connectivity index (χ4n) is 5.33. The Morgan fingerprint density at radius 3 is 2.50 bits per heavy atom. The van der Waals surface area contributed by atoms with Crippen molar-refractivity contribution in [1.29, 1.82) is 0 Å². The molecule has 1 atom stereocenters. The van der Waals surface area contributed by atoms with Crippen molar-refractivity contribution in [3.05, 3.63) is 77.9 Å². The number of nitrogens with one attached hydrogen (secondary N) is 2. The van der Waals surface area contributed by atoms with Crippen LogP contribution in [0.5, 0.6) is 0 Å². The second kappa shape index (κ2) is 11.1. The molecule has 188 valence electrons. The van der Waals surface area contributed by atoms with Gasteiger partial charge in [-0.3, -0.25) is 9.58 Å². The van der Waals surface area contributed by atoms with Gasteiger partial charge < -0.3 is 15.4 Å². The van der Waals surface area contributed by atoms with Crippen LogP contribution in [0.1, 0.15) is 30.4 Å². The molecule has 0 amide bonds. The molecule has 0 radical (unpaired) electrons. The van der Waals surface area contributed by atoms with Crippen LogP contribution in [0, 0.1) is 13.8 Å². The fraction of sp³-hybridized carbons (Fsp3) is 0.367. The summed E-state index contributed by atoms with van der Waals surface area (Å²) in [6, 6.07) is 23.8. The van der Waals surface area contributed by atoms with Gasteiger partial charge in [0.15, 0.2) is 5.82 Å². The Morgan fingerprint density at radius 1 is 0.917 bits per heavy atom. The van der Waals surface area contributed by atoms with Crippen molar-refractivity contribution < 1.29 is 4.74 Å². The van der Waals surface area contributed by atoms with E-state index in [1.165, 1.54) is 30.5 Å². The first-order valence-corrected chi connectivity index (χ1v) is 13.0. The Balaban J connectivity index is 1.41. The van der Waals surface area contributed by atoms with Crippen molar-refractivity contribution in [3.63, 3.8) is 0 Å². The Morgan fingerprint density at radius 2 is 1.72 bits per heavy atom. The van der Waals surface area contributed by atoms with E-state index in [0.29, 0.717) is 6.04 Å². The monoisotopic (exact) mass is 483 g/mol. The number of nitrogens with zero attached hydrogens (tertiary/aromatic N) is 3. The quantitative estimate of drug-likeness (QED) is 0.265. The molecule has 2 N–H and O–H groups in total. The molecule has 5 rings (SSSR count). The van der Waals surface area contributed by atoms with Crippen LogP contribution in [0.25, 0.3) is 10.9 Å². The number of ether oxygens (including phenoxy) is 1. The van der Waals surface area contributed by atoms with Crippen LogP contribution in [0.15, 0.2) is 66.7 Å². The predicted octanol–water partition coefficient (Wildman–Crippen LogP) is 6.64. The molecule has 1 aromatic heterocycles. The second-order valence-corrected chi connectivity index (χ2v) is 9.83. The van der Waals surface area contributed by atoms with E-state index in [9.17, 15) is 0 Å². The molecular weight excluding hydrogens is 446 g/mol. The summed E-state index contributed by atoms with van der Waals surface area (Å²) in [5.41, 5.74) is 6.86. The first kappa shape index (κ1) is 24.3. The van der Waals surface area contributed by atoms with E-state index >= 15 is 0 Å². The number of hydrogen-bond donors (Lipinski definition) is 2. The van der Waals surface area contributed by atoms with Crippen LogP contribution in [-0.4, -0.2) is 47.5 Å². The van der Waals surface area contributed by atoms with Gasteiger partial charge in [-0.1, -0.05) is 36.4 Å². The van der Waals surface area contributed by atoms with E-state index in [2.05, 4.69) is 82.6 Å². The Bertz CT molecular complexity index is 1280. The summed E-state index contributed by atoms with van der Waals surface area (Å²) in [6.45, 7) is 8.21. The van der Waals surface area contributed by atoms with Crippen LogP contribution in [0.4, 0.5) is 22.9 Å². The highest BCUT2D eigenvalue weighted by atomic mass is 16.5. The number of benzene rings is 3. The molecule has 1 aliphatic rings. The average Bonchev–Trinajstić information content (AvgIpc) is 3.46. The van der Waals surface area contributed by atoms with Gasteiger partial charge in [0.25, 0.3) is 0 Å². The second-order valence-electron chi connectivity index (χ2n) is 9.83. The Hall–Kier alpha value is -3.35. The zero-order chi connectivity index (χ0) is 24.9. The smallest absolute Gasteiger partial charge is 0.160 e. The average molecular weight is 484 g/mol. The maximum absolute atomic E-state index is 5.45. The summed E-state index contributed by atoms with van der Waals surface area (Å²) in [4.78, 5) is 2.58. The molecule has 36 heavy (non-hydrogen) atoms. The Labute approximate surface area is 214 Å². The number of para-hydroxylation sites is 2. The Kier molecular flexibility index (Phi) is 7.54. The normalized spacial score (nSPS) is 16.0. The lowest BCUT2D eigenvalue weighted by Crippen LogP contribution is -2.34. The fourth-order valence-corrected chi connectivity index (χ4v) is 5.33. The van der Waals surface area contributed by atoms with Gasteiger partial charge in [0, 0.05) is 48.7 Å². The van der Waals surface area contributed by atoms with Gasteiger partial charge in [-0.15, -0.1) is 0 Å². The largest absolute Gasteiger partial charge is 0.383 e. The third-order valence-corrected chi connectivity index (χ3v) is 7.21. The molecule has 3 aromatic carbocycles. The van der Waals surface area contributed by atoms with Crippen LogP contribution in [0.2, 0.25) is 0 Å². The molecule has 0 bridgehead atoms. The molecule has 1 saturated heterocycles. The highest BCUT2D eigenvalue weighted by Gasteiger charge is 2.23. The minimum atomic E-state index is 0.548. The van der Waals surface area contributed by atoms with Crippen molar-refractivity contribution in [1.82, 2.24) is 14.7 Å². The summed E-state index contributed by atoms with van der Waals surface area (Å²) >= 11 is 0. The number of aromatic nitrogens is 2. The third-order valence-electron chi connectivity index (χ3n) is 7.21. The highest BCUT2D eigenvalue weighted by Crippen LogP contribution is 2.32. The number of rotatable bonds is 10. The summed E-state index contributed by atoms with van der Waals surface area (Å²) in [6.07, 6.45) is 3.55. The molecule has 1 aliphatic heterocycles. The summed E-state index contributed by atoms with van der Waals surface area (Å²) in [5, 5.41) is 13.4. The molecule has 0 unspecified atom stereocenters. The molecule has 0 saturated carbocycles. The van der Waals surface area contributed by atoms with E-state index in [4.69, 9.17) is 9.84 Å². The molecule has 4 aromatic rings. The van der Waals surface area contributed by atoms with E-state index in [0.717, 1.165) is 59.9 Å². The van der Waals surface area contributed by atoms with Gasteiger partial charge in [0.05, 0.1) is 12.1 Å². The van der Waals surface area contributed by atoms with Gasteiger partial charge >= 0.3 is 0 Å². The lowest BCUT2D eigenvalue weighted by Gasteiger charge is -2.23.